The van der Waals surface area contributed by atoms with Gasteiger partial charge >= 0.3 is 0 Å². The van der Waals surface area contributed by atoms with Crippen LogP contribution < -0.4 is 31.0 Å². The fraction of sp³-hybridized carbons (Fsp3) is 0.473. The summed E-state index contributed by atoms with van der Waals surface area (Å²) in [6.45, 7) is 7.38. The molecular weight excluding hydrogens is 902 g/mol. The van der Waals surface area contributed by atoms with Gasteiger partial charge in [-0.1, -0.05) is 49.4 Å². The highest BCUT2D eigenvalue weighted by atomic mass is 35.5. The Labute approximate surface area is 416 Å². The molecule has 3 aromatic heterocycles. The van der Waals surface area contributed by atoms with Crippen LogP contribution in [0.15, 0.2) is 84.0 Å². The Balaban J connectivity index is 0.725. The van der Waals surface area contributed by atoms with E-state index in [2.05, 4.69) is 56.5 Å². The summed E-state index contributed by atoms with van der Waals surface area (Å²) in [4.78, 5) is 47.8. The lowest BCUT2D eigenvalue weighted by molar-refractivity contribution is -0.131. The number of carbonyl (C=O) groups excluding carboxylic acids is 1. The first-order valence-electron chi connectivity index (χ1n) is 25.3. The van der Waals surface area contributed by atoms with Gasteiger partial charge in [0, 0.05) is 130 Å². The minimum absolute atomic E-state index is 0.0921. The molecule has 9 rings (SSSR count). The van der Waals surface area contributed by atoms with Crippen molar-refractivity contribution in [2.75, 3.05) is 83.4 Å². The molecule has 1 saturated carbocycles. The van der Waals surface area contributed by atoms with E-state index in [1.54, 1.807) is 38.2 Å². The van der Waals surface area contributed by atoms with Gasteiger partial charge in [0.25, 0.3) is 5.56 Å². The third-order valence-electron chi connectivity index (χ3n) is 14.8. The standard InChI is InChI=1S/C55H68ClN9O5/c1-62-37-47(43-17-23-58-35-46(43)53(62)67)45-34-49(68-2)38(32-50(45)69-3)36-63-25-18-42(19-26-63)70-31-9-4-6-10-51(66)65-29-27-64(28-30-65)41-15-16-44-48(33-41)60-54(61-52(44)59-24-22-57)55(20-7-5-8-21-55)39-11-13-40(56)14-12-39/h11-17,23,32-35,37,42H,4-10,18-22,24-31,36,57H2,1-3H3,(H,59,60,61). The van der Waals surface area contributed by atoms with Crippen LogP contribution in [-0.4, -0.2) is 115 Å². The number of aromatic nitrogens is 4. The summed E-state index contributed by atoms with van der Waals surface area (Å²) in [5.41, 5.74) is 11.6. The normalized spacial score (nSPS) is 16.8. The van der Waals surface area contributed by atoms with Crippen molar-refractivity contribution >= 4 is 50.7 Å². The number of nitrogens with zero attached hydrogens (tertiary/aromatic N) is 7. The fourth-order valence-electron chi connectivity index (χ4n) is 10.9. The Morgan fingerprint density at radius 3 is 2.36 bits per heavy atom. The molecule has 5 heterocycles. The van der Waals surface area contributed by atoms with Gasteiger partial charge in [0.15, 0.2) is 0 Å². The second-order valence-corrected chi connectivity index (χ2v) is 19.7. The van der Waals surface area contributed by atoms with E-state index in [1.807, 2.05) is 35.4 Å². The summed E-state index contributed by atoms with van der Waals surface area (Å²) in [6, 6.07) is 20.7. The number of rotatable bonds is 18. The Morgan fingerprint density at radius 1 is 0.843 bits per heavy atom. The average molecular weight is 971 g/mol. The van der Waals surface area contributed by atoms with Crippen LogP contribution in [0.4, 0.5) is 11.5 Å². The van der Waals surface area contributed by atoms with Gasteiger partial charge in [-0.25, -0.2) is 9.97 Å². The van der Waals surface area contributed by atoms with Gasteiger partial charge in [0.1, 0.15) is 23.1 Å². The number of hydrogen-bond acceptors (Lipinski definition) is 12. The molecular formula is C55H68ClN9O5. The van der Waals surface area contributed by atoms with E-state index in [0.717, 1.165) is 157 Å². The van der Waals surface area contributed by atoms with Crippen molar-refractivity contribution < 1.29 is 19.0 Å². The first-order chi connectivity index (χ1) is 34.2. The van der Waals surface area contributed by atoms with E-state index in [4.69, 9.17) is 41.5 Å². The van der Waals surface area contributed by atoms with Crippen LogP contribution in [0.3, 0.4) is 0 Å². The Hall–Kier alpha value is -5.80. The number of fused-ring (bicyclic) bond motifs is 2. The molecule has 15 heteroatoms. The van der Waals surface area contributed by atoms with Crippen molar-refractivity contribution in [3.05, 3.63) is 112 Å². The van der Waals surface area contributed by atoms with E-state index in [1.165, 1.54) is 12.0 Å². The van der Waals surface area contributed by atoms with Crippen LogP contribution in [-0.2, 0) is 28.5 Å². The molecule has 1 aliphatic carbocycles. The molecule has 3 aromatic carbocycles. The number of halogens is 1. The second-order valence-electron chi connectivity index (χ2n) is 19.2. The number of unbranched alkanes of at least 4 members (excludes halogenated alkanes) is 2. The van der Waals surface area contributed by atoms with Crippen LogP contribution in [0.25, 0.3) is 32.8 Å². The monoisotopic (exact) mass is 970 g/mol. The maximum Gasteiger partial charge on any atom is 0.259 e. The van der Waals surface area contributed by atoms with Crippen LogP contribution in [0.1, 0.15) is 87.6 Å². The number of pyridine rings is 2. The highest BCUT2D eigenvalue weighted by molar-refractivity contribution is 6.30. The van der Waals surface area contributed by atoms with E-state index in [-0.39, 0.29) is 23.0 Å². The number of benzene rings is 3. The number of piperazine rings is 1. The number of methoxy groups -OCH3 is 2. The van der Waals surface area contributed by atoms with Gasteiger partial charge in [0.2, 0.25) is 5.91 Å². The third-order valence-corrected chi connectivity index (χ3v) is 15.1. The van der Waals surface area contributed by atoms with Crippen molar-refractivity contribution in [1.29, 1.82) is 0 Å². The van der Waals surface area contributed by atoms with Crippen molar-refractivity contribution in [3.63, 3.8) is 0 Å². The predicted octanol–water partition coefficient (Wildman–Crippen LogP) is 8.73. The van der Waals surface area contributed by atoms with Gasteiger partial charge in [-0.3, -0.25) is 19.5 Å². The molecule has 6 aromatic rings. The maximum absolute atomic E-state index is 13.4. The molecule has 0 unspecified atom stereocenters. The van der Waals surface area contributed by atoms with Crippen LogP contribution in [0.5, 0.6) is 11.5 Å². The smallest absolute Gasteiger partial charge is 0.259 e. The Bertz CT molecular complexity index is 2820. The van der Waals surface area contributed by atoms with E-state index in [9.17, 15) is 9.59 Å². The zero-order chi connectivity index (χ0) is 48.6. The number of piperidine rings is 1. The number of aryl methyl sites for hydroxylation is 1. The molecule has 3 fully saturated rings. The SMILES string of the molecule is COc1cc(-c2cn(C)c(=O)c3cnccc23)c(OC)cc1CN1CCC(OCCCCCC(=O)N2CCN(c3ccc4c(NCCN)nc(C5(c6ccc(Cl)cc6)CCCCC5)nc4c3)CC2)CC1. The van der Waals surface area contributed by atoms with Gasteiger partial charge in [0.05, 0.1) is 36.6 Å². The van der Waals surface area contributed by atoms with Crippen molar-refractivity contribution in [2.45, 2.75) is 88.7 Å². The predicted molar refractivity (Wildman–Crippen MR) is 279 cm³/mol. The fourth-order valence-corrected chi connectivity index (χ4v) is 11.0. The molecule has 0 atom stereocenters. The topological polar surface area (TPSA) is 153 Å². The van der Waals surface area contributed by atoms with E-state index >= 15 is 0 Å². The van der Waals surface area contributed by atoms with Crippen molar-refractivity contribution in [2.24, 2.45) is 12.8 Å². The third kappa shape index (κ3) is 10.8. The second kappa shape index (κ2) is 22.5. The number of amides is 1. The first kappa shape index (κ1) is 49.2. The molecule has 0 bridgehead atoms. The number of nitrogens with two attached hydrogens (primary N) is 1. The summed E-state index contributed by atoms with van der Waals surface area (Å²) in [5.74, 6) is 3.42. The summed E-state index contributed by atoms with van der Waals surface area (Å²) < 4.78 is 19.8. The van der Waals surface area contributed by atoms with Gasteiger partial charge < -0.3 is 39.6 Å². The number of nitrogens with one attached hydrogen (secondary N) is 1. The molecule has 0 radical (unpaired) electrons. The number of likely N-dealkylation sites (tertiary alicyclic amines) is 1. The largest absolute Gasteiger partial charge is 0.496 e. The molecule has 3 N–H and O–H groups in total. The van der Waals surface area contributed by atoms with E-state index in [0.29, 0.717) is 44.6 Å². The van der Waals surface area contributed by atoms with E-state index < -0.39 is 0 Å². The lowest BCUT2D eigenvalue weighted by Crippen LogP contribution is -2.48. The molecule has 0 spiro atoms. The zero-order valence-corrected chi connectivity index (χ0v) is 41.8. The molecule has 2 saturated heterocycles. The highest BCUT2D eigenvalue weighted by Gasteiger charge is 2.39. The number of anilines is 2. The Morgan fingerprint density at radius 2 is 1.61 bits per heavy atom. The molecule has 1 amide bonds. The summed E-state index contributed by atoms with van der Waals surface area (Å²) >= 11 is 6.34. The number of ether oxygens (including phenoxy) is 3. The molecule has 14 nitrogen and oxygen atoms in total. The average Bonchev–Trinajstić information content (AvgIpc) is 3.40. The molecule has 370 valence electrons. The minimum atomic E-state index is -0.281. The van der Waals surface area contributed by atoms with Gasteiger partial charge in [-0.05, 0) is 98.0 Å². The van der Waals surface area contributed by atoms with Gasteiger partial charge in [-0.15, -0.1) is 0 Å². The van der Waals surface area contributed by atoms with Crippen molar-refractivity contribution in [3.8, 4) is 22.6 Å². The quantitative estimate of drug-likeness (QED) is 0.0793. The molecule has 70 heavy (non-hydrogen) atoms. The van der Waals surface area contributed by atoms with Crippen molar-refractivity contribution in [1.82, 2.24) is 29.3 Å². The van der Waals surface area contributed by atoms with Crippen LogP contribution >= 0.6 is 11.6 Å². The lowest BCUT2D eigenvalue weighted by atomic mass is 9.68. The van der Waals surface area contributed by atoms with Crippen LogP contribution in [0.2, 0.25) is 5.02 Å². The highest BCUT2D eigenvalue weighted by Crippen LogP contribution is 2.45. The van der Waals surface area contributed by atoms with Gasteiger partial charge in [-0.2, -0.15) is 0 Å². The summed E-state index contributed by atoms with van der Waals surface area (Å²) in [5, 5.41) is 6.59. The maximum atomic E-state index is 13.4. The zero-order valence-electron chi connectivity index (χ0n) is 41.1. The molecule has 2 aliphatic heterocycles. The van der Waals surface area contributed by atoms with Crippen LogP contribution in [0, 0.1) is 0 Å². The number of hydrogen-bond donors (Lipinski definition) is 2. The number of carbonyl (C=O) groups is 1. The Kier molecular flexibility index (Phi) is 15.8. The lowest BCUT2D eigenvalue weighted by Gasteiger charge is -2.37. The minimum Gasteiger partial charge on any atom is -0.496 e. The first-order valence-corrected chi connectivity index (χ1v) is 25.6. The summed E-state index contributed by atoms with van der Waals surface area (Å²) in [7, 11) is 5.13. The molecule has 3 aliphatic rings. The summed E-state index contributed by atoms with van der Waals surface area (Å²) in [6.07, 6.45) is 16.1.